The van der Waals surface area contributed by atoms with E-state index in [9.17, 15) is 9.00 Å². The molecular formula is C27H26N2O5S. The van der Waals surface area contributed by atoms with Crippen molar-refractivity contribution in [1.29, 1.82) is 0 Å². The molecule has 0 saturated heterocycles. The second-order valence-electron chi connectivity index (χ2n) is 8.34. The van der Waals surface area contributed by atoms with Gasteiger partial charge in [-0.1, -0.05) is 12.1 Å². The lowest BCUT2D eigenvalue weighted by molar-refractivity contribution is 0.135. The van der Waals surface area contributed by atoms with E-state index in [1.54, 1.807) is 49.6 Å². The number of amides is 1. The number of benzene rings is 3. The summed E-state index contributed by atoms with van der Waals surface area (Å²) < 4.78 is 28.4. The van der Waals surface area contributed by atoms with Crippen LogP contribution in [0.15, 0.2) is 71.6 Å². The number of aromatic amines is 1. The van der Waals surface area contributed by atoms with E-state index in [0.717, 1.165) is 38.4 Å². The first-order valence-electron chi connectivity index (χ1n) is 11.2. The number of hydrogen-bond acceptors (Lipinski definition) is 5. The predicted molar refractivity (Wildman–Crippen MR) is 135 cm³/mol. The van der Waals surface area contributed by atoms with Crippen LogP contribution in [0.2, 0.25) is 0 Å². The highest BCUT2D eigenvalue weighted by Gasteiger charge is 2.35. The van der Waals surface area contributed by atoms with E-state index in [1.165, 1.54) is 0 Å². The van der Waals surface area contributed by atoms with Gasteiger partial charge in [-0.05, 0) is 72.1 Å². The normalized spacial score (nSPS) is 16.0. The lowest BCUT2D eigenvalue weighted by atomic mass is 9.92. The Morgan fingerprint density at radius 3 is 2.20 bits per heavy atom. The number of nitrogens with zero attached hydrogens (tertiary/aromatic N) is 1. The zero-order valence-electron chi connectivity index (χ0n) is 19.7. The topological polar surface area (TPSA) is 80.9 Å². The Balaban J connectivity index is 1.56. The fourth-order valence-corrected chi connectivity index (χ4v) is 5.12. The van der Waals surface area contributed by atoms with E-state index in [1.807, 2.05) is 42.5 Å². The lowest BCUT2D eigenvalue weighted by Crippen LogP contribution is -2.42. The number of carbonyl (C=O) groups excluding carboxylic acids is 1. The highest BCUT2D eigenvalue weighted by molar-refractivity contribution is 7.84. The monoisotopic (exact) mass is 490 g/mol. The molecule has 2 unspecified atom stereocenters. The number of carbonyl (C=O) groups is 1. The lowest BCUT2D eigenvalue weighted by Gasteiger charge is -2.35. The molecule has 180 valence electrons. The highest BCUT2D eigenvalue weighted by atomic mass is 32.2. The van der Waals surface area contributed by atoms with Crippen molar-refractivity contribution in [2.24, 2.45) is 0 Å². The molecule has 1 aromatic heterocycles. The molecule has 1 aliphatic heterocycles. The minimum Gasteiger partial charge on any atom is -0.497 e. The summed E-state index contributed by atoms with van der Waals surface area (Å²) in [5.41, 5.74) is 3.95. The van der Waals surface area contributed by atoms with E-state index < -0.39 is 16.9 Å². The van der Waals surface area contributed by atoms with Crippen molar-refractivity contribution in [2.75, 3.05) is 27.0 Å². The summed E-state index contributed by atoms with van der Waals surface area (Å²) in [6, 6.07) is 20.1. The molecule has 1 amide bonds. The number of aromatic nitrogens is 1. The molecule has 1 N–H and O–H groups in total. The third kappa shape index (κ3) is 4.37. The van der Waals surface area contributed by atoms with Crippen molar-refractivity contribution in [3.63, 3.8) is 0 Å². The maximum atomic E-state index is 13.4. The van der Waals surface area contributed by atoms with Gasteiger partial charge in [0, 0.05) is 45.1 Å². The van der Waals surface area contributed by atoms with Crippen molar-refractivity contribution in [3.8, 4) is 17.2 Å². The maximum absolute atomic E-state index is 13.4. The standard InChI is InChI=1S/C27H26N2O5S/c1-32-18-6-4-17(5-7-18)26-25-22(23-16-21(35(3)31)12-13-24(23)28-25)14-15-29(26)27(30)34-20-10-8-19(33-2)9-11-20/h4-13,16,26,28H,14-15H2,1-3H3. The van der Waals surface area contributed by atoms with Gasteiger partial charge in [-0.2, -0.15) is 0 Å². The Labute approximate surface area is 206 Å². The maximum Gasteiger partial charge on any atom is 0.416 e. The minimum absolute atomic E-state index is 0.377. The molecular weight excluding hydrogens is 464 g/mol. The molecule has 3 aromatic carbocycles. The summed E-state index contributed by atoms with van der Waals surface area (Å²) in [6.07, 6.45) is 1.90. The van der Waals surface area contributed by atoms with Crippen LogP contribution in [0.1, 0.15) is 22.9 Å². The largest absolute Gasteiger partial charge is 0.497 e. The summed E-state index contributed by atoms with van der Waals surface area (Å²) in [5.74, 6) is 1.87. The van der Waals surface area contributed by atoms with E-state index in [2.05, 4.69) is 4.98 Å². The summed E-state index contributed by atoms with van der Waals surface area (Å²) in [4.78, 5) is 19.4. The second kappa shape index (κ2) is 9.46. The van der Waals surface area contributed by atoms with Gasteiger partial charge in [-0.15, -0.1) is 0 Å². The first-order chi connectivity index (χ1) is 17.0. The number of H-pyrrole nitrogens is 1. The van der Waals surface area contributed by atoms with E-state index in [4.69, 9.17) is 14.2 Å². The van der Waals surface area contributed by atoms with Crippen LogP contribution in [-0.2, 0) is 17.2 Å². The number of hydrogen-bond donors (Lipinski definition) is 1. The Morgan fingerprint density at radius 2 is 1.57 bits per heavy atom. The fourth-order valence-electron chi connectivity index (χ4n) is 4.58. The second-order valence-corrected chi connectivity index (χ2v) is 9.72. The molecule has 0 aliphatic carbocycles. The smallest absolute Gasteiger partial charge is 0.416 e. The first-order valence-corrected chi connectivity index (χ1v) is 12.8. The molecule has 2 atom stereocenters. The Kier molecular flexibility index (Phi) is 6.21. The van der Waals surface area contributed by atoms with E-state index in [-0.39, 0.29) is 6.04 Å². The Morgan fingerprint density at radius 1 is 0.943 bits per heavy atom. The summed E-state index contributed by atoms with van der Waals surface area (Å²) in [7, 11) is 2.14. The zero-order valence-corrected chi connectivity index (χ0v) is 20.6. The van der Waals surface area contributed by atoms with Crippen LogP contribution in [0.4, 0.5) is 4.79 Å². The average molecular weight is 491 g/mol. The quantitative estimate of drug-likeness (QED) is 0.423. The molecule has 0 fully saturated rings. The van der Waals surface area contributed by atoms with Gasteiger partial charge in [0.25, 0.3) is 0 Å². The highest BCUT2D eigenvalue weighted by Crippen LogP contribution is 2.39. The molecule has 0 radical (unpaired) electrons. The number of nitrogens with one attached hydrogen (secondary N) is 1. The van der Waals surface area contributed by atoms with Gasteiger partial charge in [-0.25, -0.2) is 4.79 Å². The van der Waals surface area contributed by atoms with Crippen LogP contribution in [0.3, 0.4) is 0 Å². The van der Waals surface area contributed by atoms with E-state index in [0.29, 0.717) is 24.5 Å². The number of rotatable bonds is 5. The molecule has 7 nitrogen and oxygen atoms in total. The van der Waals surface area contributed by atoms with Gasteiger partial charge < -0.3 is 19.2 Å². The Hall–Kier alpha value is -3.78. The van der Waals surface area contributed by atoms with Crippen molar-refractivity contribution in [2.45, 2.75) is 17.4 Å². The van der Waals surface area contributed by atoms with Gasteiger partial charge in [0.05, 0.1) is 14.2 Å². The van der Waals surface area contributed by atoms with Gasteiger partial charge in [0.2, 0.25) is 0 Å². The Bertz CT molecular complexity index is 1400. The third-order valence-electron chi connectivity index (χ3n) is 6.36. The average Bonchev–Trinajstić information content (AvgIpc) is 3.26. The van der Waals surface area contributed by atoms with Crippen molar-refractivity contribution in [3.05, 3.63) is 83.6 Å². The molecule has 4 aromatic rings. The minimum atomic E-state index is -1.08. The third-order valence-corrected chi connectivity index (χ3v) is 7.28. The van der Waals surface area contributed by atoms with Crippen LogP contribution in [0.25, 0.3) is 10.9 Å². The van der Waals surface area contributed by atoms with Crippen LogP contribution in [-0.4, -0.2) is 47.2 Å². The van der Waals surface area contributed by atoms with Crippen molar-refractivity contribution < 1.29 is 23.2 Å². The van der Waals surface area contributed by atoms with Gasteiger partial charge >= 0.3 is 6.09 Å². The summed E-state index contributed by atoms with van der Waals surface area (Å²) in [5, 5.41) is 1.04. The SMILES string of the molecule is COc1ccc(OC(=O)N2CCc3c([nH]c4ccc(S(C)=O)cc34)C2c2ccc(OC)cc2)cc1. The molecule has 0 spiro atoms. The first kappa shape index (κ1) is 23.0. The van der Waals surface area contributed by atoms with Crippen LogP contribution in [0.5, 0.6) is 17.2 Å². The van der Waals surface area contributed by atoms with Crippen LogP contribution < -0.4 is 14.2 Å². The van der Waals surface area contributed by atoms with Crippen molar-refractivity contribution in [1.82, 2.24) is 9.88 Å². The molecule has 2 heterocycles. The van der Waals surface area contributed by atoms with Crippen molar-refractivity contribution >= 4 is 27.8 Å². The van der Waals surface area contributed by atoms with Crippen LogP contribution >= 0.6 is 0 Å². The number of methoxy groups -OCH3 is 2. The molecule has 0 bridgehead atoms. The van der Waals surface area contributed by atoms with Gasteiger partial charge in [-0.3, -0.25) is 9.11 Å². The number of fused-ring (bicyclic) bond motifs is 3. The van der Waals surface area contributed by atoms with E-state index >= 15 is 0 Å². The molecule has 1 aliphatic rings. The fraction of sp³-hybridized carbons (Fsp3) is 0.222. The molecule has 35 heavy (non-hydrogen) atoms. The number of ether oxygens (including phenoxy) is 3. The zero-order chi connectivity index (χ0) is 24.5. The van der Waals surface area contributed by atoms with Gasteiger partial charge in [0.1, 0.15) is 23.3 Å². The molecule has 8 heteroatoms. The molecule has 5 rings (SSSR count). The van der Waals surface area contributed by atoms with Gasteiger partial charge in [0.15, 0.2) is 0 Å². The molecule has 0 saturated carbocycles. The summed E-state index contributed by atoms with van der Waals surface area (Å²) >= 11 is 0. The van der Waals surface area contributed by atoms with Crippen LogP contribution in [0, 0.1) is 0 Å². The summed E-state index contributed by atoms with van der Waals surface area (Å²) in [6.45, 7) is 0.477. The predicted octanol–water partition coefficient (Wildman–Crippen LogP) is 5.07.